The second kappa shape index (κ2) is 11.8. The molecule has 2 aromatic heterocycles. The fourth-order valence-electron chi connectivity index (χ4n) is 3.85. The lowest BCUT2D eigenvalue weighted by Crippen LogP contribution is -2.40. The van der Waals surface area contributed by atoms with Crippen LogP contribution < -0.4 is 15.3 Å². The summed E-state index contributed by atoms with van der Waals surface area (Å²) >= 11 is 8.13. The van der Waals surface area contributed by atoms with Gasteiger partial charge in [-0.2, -0.15) is 5.09 Å². The van der Waals surface area contributed by atoms with Crippen molar-refractivity contribution in [2.45, 2.75) is 56.5 Å². The van der Waals surface area contributed by atoms with Crippen molar-refractivity contribution < 1.29 is 37.4 Å². The number of aromatic nitrogens is 3. The van der Waals surface area contributed by atoms with Crippen molar-refractivity contribution in [3.63, 3.8) is 0 Å². The van der Waals surface area contributed by atoms with Gasteiger partial charge in [-0.05, 0) is 55.5 Å². The van der Waals surface area contributed by atoms with Crippen LogP contribution in [0.5, 0.6) is 5.75 Å². The molecule has 212 valence electrons. The van der Waals surface area contributed by atoms with E-state index < -0.39 is 56.0 Å². The van der Waals surface area contributed by atoms with Crippen LogP contribution in [0.2, 0.25) is 0 Å². The number of fused-ring (bicyclic) bond motifs is 1. The van der Waals surface area contributed by atoms with Gasteiger partial charge < -0.3 is 29.4 Å². The number of nitrogen functional groups attached to an aromatic ring is 1. The normalized spacial score (nSPS) is 25.5. The zero-order chi connectivity index (χ0) is 28.5. The van der Waals surface area contributed by atoms with Crippen LogP contribution in [0.3, 0.4) is 0 Å². The van der Waals surface area contributed by atoms with E-state index in [0.29, 0.717) is 8.96 Å². The van der Waals surface area contributed by atoms with Gasteiger partial charge in [0.1, 0.15) is 41.8 Å². The number of nitrogens with two attached hydrogens (primary N) is 1. The van der Waals surface area contributed by atoms with Gasteiger partial charge in [0, 0.05) is 9.77 Å². The molecule has 39 heavy (non-hydrogen) atoms. The number of carbonyl (C=O) groups excluding carboxylic acids is 1. The van der Waals surface area contributed by atoms with E-state index in [0.717, 1.165) is 0 Å². The first-order chi connectivity index (χ1) is 18.3. The van der Waals surface area contributed by atoms with Crippen molar-refractivity contribution >= 4 is 64.8 Å². The maximum Gasteiger partial charge on any atom is 0.459 e. The number of anilines is 1. The van der Waals surface area contributed by atoms with Gasteiger partial charge in [-0.1, -0.05) is 29.8 Å². The molecular weight excluding hydrogens is 671 g/mol. The molecule has 0 spiro atoms. The van der Waals surface area contributed by atoms with Crippen molar-refractivity contribution in [3.8, 4) is 5.75 Å². The minimum atomic E-state index is -4.30. The van der Waals surface area contributed by atoms with Crippen LogP contribution in [0, 0.1) is 3.57 Å². The molecule has 0 aliphatic carbocycles. The molecule has 3 heterocycles. The smallest absolute Gasteiger partial charge is 0.459 e. The summed E-state index contributed by atoms with van der Waals surface area (Å²) in [5.41, 5.74) is 6.19. The monoisotopic (exact) mass is 697 g/mol. The minimum Gasteiger partial charge on any atom is -0.462 e. The van der Waals surface area contributed by atoms with Gasteiger partial charge in [0.2, 0.25) is 0 Å². The minimum absolute atomic E-state index is 0.173. The lowest BCUT2D eigenvalue weighted by molar-refractivity contribution is -0.149. The van der Waals surface area contributed by atoms with Crippen LogP contribution in [-0.4, -0.2) is 61.7 Å². The predicted molar refractivity (Wildman–Crippen MR) is 149 cm³/mol. The molecule has 4 N–H and O–H groups in total. The van der Waals surface area contributed by atoms with Gasteiger partial charge in [0.05, 0.1) is 18.1 Å². The number of nitrogens with zero attached hydrogens (tertiary/aromatic N) is 3. The lowest BCUT2D eigenvalue weighted by Gasteiger charge is -2.25. The number of benzene rings is 1. The van der Waals surface area contributed by atoms with E-state index in [-0.39, 0.29) is 17.2 Å². The third-order valence-corrected chi connectivity index (χ3v) is 8.53. The summed E-state index contributed by atoms with van der Waals surface area (Å²) in [7, 11) is -4.30. The molecule has 1 fully saturated rings. The summed E-state index contributed by atoms with van der Waals surface area (Å²) in [6, 6.07) is 6.98. The molecule has 4 rings (SSSR count). The SMILES string of the molecule is CC(C)OC(=O)[C@H](C)NP(=O)(OC[C@H]1O[C@@H](n2cc(I)c3c(N)ncnc32)[C@@](F)(Cl)[C@@H]1O)Oc1ccccc1. The Kier molecular flexibility index (Phi) is 9.05. The Morgan fingerprint density at radius 1 is 1.36 bits per heavy atom. The zero-order valence-corrected chi connectivity index (χ0v) is 24.8. The topological polar surface area (TPSA) is 160 Å². The van der Waals surface area contributed by atoms with Crippen molar-refractivity contribution in [3.05, 3.63) is 46.4 Å². The summed E-state index contributed by atoms with van der Waals surface area (Å²) in [5, 5.41) is 10.9. The van der Waals surface area contributed by atoms with Crippen LogP contribution in [0.4, 0.5) is 10.2 Å². The van der Waals surface area contributed by atoms with Crippen LogP contribution in [0.1, 0.15) is 27.0 Å². The summed E-state index contributed by atoms with van der Waals surface area (Å²) in [6.07, 6.45) is -2.54. The number of hydrogen-bond acceptors (Lipinski definition) is 10. The summed E-state index contributed by atoms with van der Waals surface area (Å²) < 4.78 is 53.4. The van der Waals surface area contributed by atoms with E-state index in [9.17, 15) is 14.5 Å². The van der Waals surface area contributed by atoms with Crippen LogP contribution in [-0.2, 0) is 23.4 Å². The third-order valence-electron chi connectivity index (χ3n) is 5.66. The molecule has 1 aromatic carbocycles. The second-order valence-corrected chi connectivity index (χ2v) is 12.5. The Morgan fingerprint density at radius 2 is 2.05 bits per heavy atom. The standard InChI is InChI=1S/C23H27ClFIN5O7P/c1-12(2)36-21(33)13(3)30-39(34,38-14-7-5-4-6-8-14)35-10-16-18(32)23(24,25)22(37-16)31-9-15(26)17-19(27)28-11-29-20(17)31/h4-9,11-13,16,18,22,32H,10H2,1-3H3,(H,30,34)(H2,27,28,29)/t13-,16+,18+,22+,23+,39?/m0/s1. The van der Waals surface area contributed by atoms with Crippen molar-refractivity contribution in [1.82, 2.24) is 19.6 Å². The highest BCUT2D eigenvalue weighted by atomic mass is 127. The van der Waals surface area contributed by atoms with Crippen LogP contribution in [0.15, 0.2) is 42.9 Å². The van der Waals surface area contributed by atoms with Crippen LogP contribution >= 0.6 is 41.9 Å². The number of aliphatic hydroxyl groups is 1. The fraction of sp³-hybridized carbons (Fsp3) is 0.435. The number of carbonyl (C=O) groups is 1. The first-order valence-corrected chi connectivity index (χ1v) is 14.8. The Hall–Kier alpha value is -2.07. The molecule has 1 saturated heterocycles. The average Bonchev–Trinajstić information content (AvgIpc) is 3.31. The molecular formula is C23H27ClFIN5O7P. The molecule has 0 saturated carbocycles. The maximum absolute atomic E-state index is 15.7. The highest BCUT2D eigenvalue weighted by molar-refractivity contribution is 14.1. The molecule has 0 amide bonds. The van der Waals surface area contributed by atoms with Gasteiger partial charge in [0.25, 0.3) is 5.13 Å². The van der Waals surface area contributed by atoms with Gasteiger partial charge in [0.15, 0.2) is 6.23 Å². The van der Waals surface area contributed by atoms with Crippen LogP contribution in [0.25, 0.3) is 11.0 Å². The predicted octanol–water partition coefficient (Wildman–Crippen LogP) is 3.91. The largest absolute Gasteiger partial charge is 0.462 e. The Morgan fingerprint density at radius 3 is 2.72 bits per heavy atom. The molecule has 0 bridgehead atoms. The quantitative estimate of drug-likeness (QED) is 0.122. The molecule has 12 nitrogen and oxygen atoms in total. The number of alkyl halides is 2. The zero-order valence-electron chi connectivity index (χ0n) is 21.0. The van der Waals surface area contributed by atoms with Crippen molar-refractivity contribution in [1.29, 1.82) is 0 Å². The number of esters is 1. The van der Waals surface area contributed by atoms with E-state index in [4.69, 9.17) is 35.9 Å². The summed E-state index contributed by atoms with van der Waals surface area (Å²) in [5.74, 6) is -0.344. The Balaban J connectivity index is 1.56. The van der Waals surface area contributed by atoms with Crippen molar-refractivity contribution in [2.75, 3.05) is 12.3 Å². The Labute approximate surface area is 242 Å². The van der Waals surface area contributed by atoms with Gasteiger partial charge in [-0.25, -0.2) is 18.9 Å². The summed E-state index contributed by atoms with van der Waals surface area (Å²) in [6.45, 7) is 4.14. The molecule has 3 aromatic rings. The molecule has 6 atom stereocenters. The van der Waals surface area contributed by atoms with Gasteiger partial charge in [-0.3, -0.25) is 9.32 Å². The van der Waals surface area contributed by atoms with Gasteiger partial charge >= 0.3 is 13.7 Å². The maximum atomic E-state index is 15.7. The first kappa shape index (κ1) is 29.9. The fourth-order valence-corrected chi connectivity index (χ4v) is 6.47. The second-order valence-electron chi connectivity index (χ2n) is 9.02. The van der Waals surface area contributed by atoms with E-state index in [2.05, 4.69) is 15.1 Å². The molecule has 1 aliphatic heterocycles. The highest BCUT2D eigenvalue weighted by Gasteiger charge is 2.58. The van der Waals surface area contributed by atoms with E-state index in [1.54, 1.807) is 32.0 Å². The molecule has 1 unspecified atom stereocenters. The summed E-state index contributed by atoms with van der Waals surface area (Å²) in [4.78, 5) is 20.4. The molecule has 1 aliphatic rings. The highest BCUT2D eigenvalue weighted by Crippen LogP contribution is 2.49. The van der Waals surface area contributed by atoms with E-state index in [1.165, 1.54) is 36.1 Å². The number of halogens is 3. The number of hydrogen-bond donors (Lipinski definition) is 3. The first-order valence-electron chi connectivity index (χ1n) is 11.8. The number of nitrogens with one attached hydrogen (secondary N) is 1. The molecule has 16 heteroatoms. The molecule has 0 radical (unpaired) electrons. The van der Waals surface area contributed by atoms with Crippen molar-refractivity contribution in [2.24, 2.45) is 0 Å². The van der Waals surface area contributed by atoms with E-state index in [1.807, 2.05) is 22.6 Å². The lowest BCUT2D eigenvalue weighted by atomic mass is 10.1. The van der Waals surface area contributed by atoms with E-state index >= 15 is 4.39 Å². The Bertz CT molecular complexity index is 1380. The number of para-hydroxylation sites is 1. The number of rotatable bonds is 10. The third kappa shape index (κ3) is 6.47. The van der Waals surface area contributed by atoms with Gasteiger partial charge in [-0.15, -0.1) is 0 Å². The number of ether oxygens (including phenoxy) is 2. The average molecular weight is 698 g/mol. The number of aliphatic hydroxyl groups excluding tert-OH is 1.